The standard InChI is InChI=1S/C5H11NO2S/c1-9(7,8)6-4-2-3-5-6/h2-5H2,1H3/i2D. The van der Waals surface area contributed by atoms with Gasteiger partial charge in [-0.15, -0.1) is 0 Å². The summed E-state index contributed by atoms with van der Waals surface area (Å²) in [6.07, 6.45) is 1.65. The Morgan fingerprint density at radius 2 is 2.22 bits per heavy atom. The van der Waals surface area contributed by atoms with Gasteiger partial charge in [-0.3, -0.25) is 0 Å². The maximum Gasteiger partial charge on any atom is 0.211 e. The molecule has 0 aromatic carbocycles. The van der Waals surface area contributed by atoms with E-state index < -0.39 is 10.0 Å². The highest BCUT2D eigenvalue weighted by molar-refractivity contribution is 7.88. The summed E-state index contributed by atoms with van der Waals surface area (Å²) in [5, 5.41) is 0. The summed E-state index contributed by atoms with van der Waals surface area (Å²) in [5.41, 5.74) is 0. The van der Waals surface area contributed by atoms with Crippen molar-refractivity contribution in [1.29, 1.82) is 0 Å². The Hall–Kier alpha value is -0.0900. The van der Waals surface area contributed by atoms with E-state index in [0.717, 1.165) is 0 Å². The molecular weight excluding hydrogens is 138 g/mol. The van der Waals surface area contributed by atoms with Gasteiger partial charge in [-0.05, 0) is 12.8 Å². The fourth-order valence-electron chi connectivity index (χ4n) is 0.863. The van der Waals surface area contributed by atoms with Crippen LogP contribution in [-0.4, -0.2) is 32.1 Å². The topological polar surface area (TPSA) is 37.4 Å². The van der Waals surface area contributed by atoms with Crippen LogP contribution < -0.4 is 0 Å². The number of hydrogen-bond acceptors (Lipinski definition) is 2. The third-order valence-electron chi connectivity index (χ3n) is 1.38. The van der Waals surface area contributed by atoms with Crippen molar-refractivity contribution in [3.05, 3.63) is 0 Å². The molecule has 54 valence electrons. The van der Waals surface area contributed by atoms with E-state index in [4.69, 9.17) is 1.37 Å². The Morgan fingerprint density at radius 3 is 2.44 bits per heavy atom. The summed E-state index contributed by atoms with van der Waals surface area (Å²) in [4.78, 5) is 0. The van der Waals surface area contributed by atoms with E-state index in [-0.39, 0.29) is 6.40 Å². The van der Waals surface area contributed by atoms with Crippen molar-refractivity contribution in [2.45, 2.75) is 12.8 Å². The van der Waals surface area contributed by atoms with Crippen LogP contribution in [0.1, 0.15) is 14.2 Å². The van der Waals surface area contributed by atoms with Gasteiger partial charge in [0.25, 0.3) is 0 Å². The fraction of sp³-hybridized carbons (Fsp3) is 1.00. The molecule has 0 N–H and O–H groups in total. The lowest BCUT2D eigenvalue weighted by atomic mass is 10.4. The van der Waals surface area contributed by atoms with Crippen molar-refractivity contribution in [2.75, 3.05) is 19.3 Å². The van der Waals surface area contributed by atoms with Crippen LogP contribution in [0.5, 0.6) is 0 Å². The summed E-state index contributed by atoms with van der Waals surface area (Å²) in [5.74, 6) is 0. The zero-order chi connectivity index (χ0) is 7.78. The van der Waals surface area contributed by atoms with Gasteiger partial charge in [-0.2, -0.15) is 0 Å². The maximum atomic E-state index is 10.8. The van der Waals surface area contributed by atoms with E-state index in [1.807, 2.05) is 0 Å². The maximum absolute atomic E-state index is 10.8. The molecule has 0 aromatic heterocycles. The number of hydrogen-bond donors (Lipinski definition) is 0. The van der Waals surface area contributed by atoms with Gasteiger partial charge >= 0.3 is 0 Å². The van der Waals surface area contributed by atoms with E-state index in [2.05, 4.69) is 0 Å². The van der Waals surface area contributed by atoms with Gasteiger partial charge in [-0.25, -0.2) is 12.7 Å². The third-order valence-corrected chi connectivity index (χ3v) is 2.65. The molecule has 3 nitrogen and oxygen atoms in total. The van der Waals surface area contributed by atoms with Gasteiger partial charge in [0.15, 0.2) is 0 Å². The first-order valence-corrected chi connectivity index (χ1v) is 4.72. The van der Waals surface area contributed by atoms with Crippen molar-refractivity contribution in [3.8, 4) is 0 Å². The van der Waals surface area contributed by atoms with Gasteiger partial charge in [0.2, 0.25) is 10.0 Å². The quantitative estimate of drug-likeness (QED) is 0.529. The molecule has 1 aliphatic rings. The summed E-state index contributed by atoms with van der Waals surface area (Å²) >= 11 is 0. The molecule has 1 unspecified atom stereocenters. The number of sulfonamides is 1. The highest BCUT2D eigenvalue weighted by atomic mass is 32.2. The van der Waals surface area contributed by atoms with E-state index in [1.165, 1.54) is 10.6 Å². The van der Waals surface area contributed by atoms with Crippen molar-refractivity contribution in [3.63, 3.8) is 0 Å². The van der Waals surface area contributed by atoms with Crippen LogP contribution in [0.15, 0.2) is 0 Å². The summed E-state index contributed by atoms with van der Waals surface area (Å²) in [6.45, 7) is 0.895. The number of nitrogens with zero attached hydrogens (tertiary/aromatic N) is 1. The second-order valence-corrected chi connectivity index (χ2v) is 4.18. The average molecular weight is 150 g/mol. The van der Waals surface area contributed by atoms with E-state index >= 15 is 0 Å². The predicted octanol–water partition coefficient (Wildman–Crippen LogP) is 0.0418. The van der Waals surface area contributed by atoms with Crippen LogP contribution in [0.25, 0.3) is 0 Å². The minimum Gasteiger partial charge on any atom is -0.213 e. The molecule has 0 amide bonds. The Balaban J connectivity index is 2.62. The van der Waals surface area contributed by atoms with Crippen LogP contribution in [0, 0.1) is 0 Å². The van der Waals surface area contributed by atoms with E-state index in [9.17, 15) is 8.42 Å². The molecule has 0 radical (unpaired) electrons. The fourth-order valence-corrected chi connectivity index (χ4v) is 1.68. The molecule has 1 fully saturated rings. The number of rotatable bonds is 1. The molecule has 1 heterocycles. The van der Waals surface area contributed by atoms with Gasteiger partial charge < -0.3 is 0 Å². The summed E-state index contributed by atoms with van der Waals surface area (Å²) in [7, 11) is -3.02. The van der Waals surface area contributed by atoms with Crippen molar-refractivity contribution < 1.29 is 9.79 Å². The molecule has 0 saturated carbocycles. The Kier molecular flexibility index (Phi) is 1.43. The normalized spacial score (nSPS) is 32.6. The molecule has 0 spiro atoms. The molecular formula is C5H11NO2S. The Bertz CT molecular complexity index is 214. The lowest BCUT2D eigenvalue weighted by Gasteiger charge is -2.09. The first-order valence-electron chi connectivity index (χ1n) is 3.45. The average Bonchev–Trinajstić information content (AvgIpc) is 2.11. The zero-order valence-electron chi connectivity index (χ0n) is 6.37. The van der Waals surface area contributed by atoms with E-state index in [0.29, 0.717) is 19.5 Å². The zero-order valence-corrected chi connectivity index (χ0v) is 6.19. The Labute approximate surface area is 57.1 Å². The SMILES string of the molecule is [2H]C1CCN(S(C)(=O)=O)C1. The Morgan fingerprint density at radius 1 is 1.56 bits per heavy atom. The van der Waals surface area contributed by atoms with Crippen molar-refractivity contribution >= 4 is 10.0 Å². The molecule has 1 rings (SSSR count). The highest BCUT2D eigenvalue weighted by Gasteiger charge is 2.19. The van der Waals surface area contributed by atoms with Crippen LogP contribution in [-0.2, 0) is 10.0 Å². The van der Waals surface area contributed by atoms with Gasteiger partial charge in [0.05, 0.1) is 6.26 Å². The van der Waals surface area contributed by atoms with Gasteiger partial charge in [0, 0.05) is 14.5 Å². The molecule has 0 aromatic rings. The molecule has 0 aliphatic carbocycles. The monoisotopic (exact) mass is 150 g/mol. The smallest absolute Gasteiger partial charge is 0.211 e. The second-order valence-electron chi connectivity index (χ2n) is 2.20. The minimum absolute atomic E-state index is 0.213. The van der Waals surface area contributed by atoms with Gasteiger partial charge in [0.1, 0.15) is 0 Å². The lowest BCUT2D eigenvalue weighted by Crippen LogP contribution is -2.26. The van der Waals surface area contributed by atoms with Crippen molar-refractivity contribution in [1.82, 2.24) is 4.31 Å². The van der Waals surface area contributed by atoms with Crippen LogP contribution in [0.3, 0.4) is 0 Å². The van der Waals surface area contributed by atoms with E-state index in [1.54, 1.807) is 0 Å². The summed E-state index contributed by atoms with van der Waals surface area (Å²) < 4.78 is 30.2. The van der Waals surface area contributed by atoms with Crippen molar-refractivity contribution in [2.24, 2.45) is 0 Å². The predicted molar refractivity (Wildman–Crippen MR) is 35.7 cm³/mol. The first kappa shape index (κ1) is 5.68. The summed E-state index contributed by atoms with van der Waals surface area (Å²) in [6, 6.07) is 0. The molecule has 1 saturated heterocycles. The second kappa shape index (κ2) is 2.27. The minimum atomic E-state index is -3.02. The first-order chi connectivity index (χ1) is 4.50. The van der Waals surface area contributed by atoms with Crippen LogP contribution in [0.4, 0.5) is 0 Å². The lowest BCUT2D eigenvalue weighted by molar-refractivity contribution is 0.483. The van der Waals surface area contributed by atoms with Gasteiger partial charge in [-0.1, -0.05) is 0 Å². The molecule has 1 aliphatic heterocycles. The molecule has 1 atom stereocenters. The third kappa shape index (κ3) is 1.66. The largest absolute Gasteiger partial charge is 0.213 e. The van der Waals surface area contributed by atoms with Crippen LogP contribution in [0.2, 0.25) is 0 Å². The van der Waals surface area contributed by atoms with Crippen LogP contribution >= 0.6 is 0 Å². The highest BCUT2D eigenvalue weighted by Crippen LogP contribution is 2.10. The molecule has 4 heteroatoms. The molecule has 0 bridgehead atoms. The molecule has 9 heavy (non-hydrogen) atoms.